The molecule has 5 N–H and O–H groups in total. The summed E-state index contributed by atoms with van der Waals surface area (Å²) in [4.78, 5) is 40.3. The van der Waals surface area contributed by atoms with E-state index < -0.39 is 42.1 Å². The first kappa shape index (κ1) is 26.3. The molecular weight excluding hydrogens is 497 g/mol. The van der Waals surface area contributed by atoms with E-state index in [1.807, 2.05) is 5.48 Å². The highest BCUT2D eigenvalue weighted by Gasteiger charge is 2.49. The Hall–Kier alpha value is -3.74. The Labute approximate surface area is 210 Å². The number of piperidine rings is 1. The van der Waals surface area contributed by atoms with E-state index in [2.05, 4.69) is 27.0 Å². The Morgan fingerprint density at radius 1 is 1.41 bits per heavy atom. The molecule has 4 rings (SSSR count). The second-order valence-corrected chi connectivity index (χ2v) is 8.72. The molecule has 3 atom stereocenters. The van der Waals surface area contributed by atoms with Gasteiger partial charge in [0.25, 0.3) is 5.91 Å². The third-order valence-corrected chi connectivity index (χ3v) is 6.20. The van der Waals surface area contributed by atoms with E-state index in [4.69, 9.17) is 10.6 Å². The number of pyridine rings is 1. The van der Waals surface area contributed by atoms with E-state index >= 15 is 0 Å². The minimum absolute atomic E-state index is 0.0453. The molecule has 15 heteroatoms. The summed E-state index contributed by atoms with van der Waals surface area (Å²) in [5.41, 5.74) is 7.06. The van der Waals surface area contributed by atoms with Crippen LogP contribution < -0.4 is 21.4 Å². The summed E-state index contributed by atoms with van der Waals surface area (Å²) < 4.78 is 38.8. The Kier molecular flexibility index (Phi) is 7.35. The minimum Gasteiger partial charge on any atom is -0.376 e. The van der Waals surface area contributed by atoms with Crippen LogP contribution in [0.5, 0.6) is 5.75 Å². The van der Waals surface area contributed by atoms with Crippen molar-refractivity contribution in [3.8, 4) is 17.6 Å². The predicted octanol–water partition coefficient (Wildman–Crippen LogP) is -0.0420. The van der Waals surface area contributed by atoms with Crippen molar-refractivity contribution >= 4 is 11.9 Å². The van der Waals surface area contributed by atoms with Crippen LogP contribution in [0.2, 0.25) is 0 Å². The number of aliphatic hydroxyl groups is 1. The van der Waals surface area contributed by atoms with Gasteiger partial charge in [-0.25, -0.2) is 9.69 Å². The summed E-state index contributed by atoms with van der Waals surface area (Å²) >= 11 is 0. The summed E-state index contributed by atoms with van der Waals surface area (Å²) in [5.74, 6) is 4.74. The topological polar surface area (TPSA) is 140 Å². The van der Waals surface area contributed by atoms with Crippen LogP contribution in [0.4, 0.5) is 18.0 Å². The second-order valence-electron chi connectivity index (χ2n) is 8.72. The number of nitrogens with one attached hydrogen (secondary N) is 2. The molecular formula is C22H27F3N8O4. The van der Waals surface area contributed by atoms with E-state index in [0.29, 0.717) is 36.1 Å². The SMILES string of the molecule is CC#CCN1C2=C(NC1N1CCCC(N)C1)N(C)C(O)N(C(=O)NOc1cncc(C(F)(F)F)c1)C2=O. The van der Waals surface area contributed by atoms with E-state index in [1.165, 1.54) is 11.9 Å². The average molecular weight is 525 g/mol. The predicted molar refractivity (Wildman–Crippen MR) is 122 cm³/mol. The molecule has 1 saturated heterocycles. The van der Waals surface area contributed by atoms with Gasteiger partial charge in [-0.05, 0) is 25.8 Å². The molecule has 4 heterocycles. The van der Waals surface area contributed by atoms with Crippen molar-refractivity contribution in [1.29, 1.82) is 0 Å². The lowest BCUT2D eigenvalue weighted by atomic mass is 10.1. The zero-order valence-corrected chi connectivity index (χ0v) is 20.1. The number of rotatable bonds is 4. The lowest BCUT2D eigenvalue weighted by molar-refractivity contribution is -0.147. The highest BCUT2D eigenvalue weighted by atomic mass is 19.4. The lowest BCUT2D eigenvalue weighted by Gasteiger charge is -2.40. The van der Waals surface area contributed by atoms with Crippen LogP contribution in [0.25, 0.3) is 0 Å². The number of hydrogen-bond donors (Lipinski definition) is 4. The molecule has 1 aromatic rings. The van der Waals surface area contributed by atoms with Crippen LogP contribution in [0.15, 0.2) is 30.0 Å². The van der Waals surface area contributed by atoms with Crippen molar-refractivity contribution in [2.75, 3.05) is 26.7 Å². The molecule has 37 heavy (non-hydrogen) atoms. The summed E-state index contributed by atoms with van der Waals surface area (Å²) in [7, 11) is 1.48. The first-order chi connectivity index (χ1) is 17.5. The van der Waals surface area contributed by atoms with Gasteiger partial charge in [-0.15, -0.1) is 5.92 Å². The smallest absolute Gasteiger partial charge is 0.376 e. The fourth-order valence-corrected chi connectivity index (χ4v) is 4.39. The van der Waals surface area contributed by atoms with Crippen LogP contribution in [-0.4, -0.2) is 87.0 Å². The molecule has 0 aromatic carbocycles. The molecule has 3 aliphatic rings. The fourth-order valence-electron chi connectivity index (χ4n) is 4.39. The summed E-state index contributed by atoms with van der Waals surface area (Å²) in [5, 5.41) is 14.0. The number of alkyl halides is 3. The number of urea groups is 1. The van der Waals surface area contributed by atoms with Gasteiger partial charge in [-0.2, -0.15) is 18.7 Å². The van der Waals surface area contributed by atoms with Crippen LogP contribution in [0.3, 0.4) is 0 Å². The van der Waals surface area contributed by atoms with Crippen molar-refractivity contribution in [2.45, 2.75) is 44.6 Å². The first-order valence-electron chi connectivity index (χ1n) is 11.4. The van der Waals surface area contributed by atoms with E-state index in [1.54, 1.807) is 11.8 Å². The number of imide groups is 1. The standard InChI is InChI=1S/C22H27F3N8O4/c1-3-4-8-32-16-17(28-19(32)31-7-5-6-14(26)12-31)30(2)21(36)33(18(16)34)20(35)29-37-15-9-13(10-27-11-15)22(23,24)25/h9-11,14,19,21,28,36H,5-8,12,26H2,1-2H3,(H,29,35). The number of nitrogens with zero attached hydrogens (tertiary/aromatic N) is 5. The number of likely N-dealkylation sites (tertiary alicyclic amines) is 1. The number of aromatic nitrogens is 1. The molecule has 200 valence electrons. The van der Waals surface area contributed by atoms with Crippen LogP contribution in [0.1, 0.15) is 25.3 Å². The van der Waals surface area contributed by atoms with Crippen molar-refractivity contribution in [1.82, 2.24) is 35.4 Å². The summed E-state index contributed by atoms with van der Waals surface area (Å²) in [6.45, 7) is 3.09. The Bertz CT molecular complexity index is 1150. The third-order valence-electron chi connectivity index (χ3n) is 6.20. The van der Waals surface area contributed by atoms with E-state index in [9.17, 15) is 27.9 Å². The largest absolute Gasteiger partial charge is 0.418 e. The molecule has 0 aliphatic carbocycles. The molecule has 0 saturated carbocycles. The third kappa shape index (κ3) is 5.22. The number of carbonyl (C=O) groups excluding carboxylic acids is 2. The molecule has 1 fully saturated rings. The number of nitrogens with two attached hydrogens (primary N) is 1. The van der Waals surface area contributed by atoms with Crippen LogP contribution >= 0.6 is 0 Å². The van der Waals surface area contributed by atoms with Gasteiger partial charge in [-0.1, -0.05) is 5.92 Å². The molecule has 0 spiro atoms. The molecule has 0 radical (unpaired) electrons. The molecule has 12 nitrogen and oxygen atoms in total. The lowest BCUT2D eigenvalue weighted by Crippen LogP contribution is -2.60. The minimum atomic E-state index is -4.67. The Morgan fingerprint density at radius 2 is 2.16 bits per heavy atom. The molecule has 0 bridgehead atoms. The van der Waals surface area contributed by atoms with Crippen molar-refractivity contribution in [3.63, 3.8) is 0 Å². The maximum Gasteiger partial charge on any atom is 0.418 e. The van der Waals surface area contributed by atoms with Gasteiger partial charge in [0.15, 0.2) is 12.0 Å². The van der Waals surface area contributed by atoms with Crippen LogP contribution in [0, 0.1) is 11.8 Å². The maximum atomic E-state index is 13.5. The van der Waals surface area contributed by atoms with Gasteiger partial charge >= 0.3 is 12.2 Å². The number of carbonyl (C=O) groups is 2. The number of aliphatic hydroxyl groups excluding tert-OH is 1. The van der Waals surface area contributed by atoms with E-state index in [0.717, 1.165) is 19.0 Å². The monoisotopic (exact) mass is 524 g/mol. The molecule has 3 aliphatic heterocycles. The van der Waals surface area contributed by atoms with Gasteiger partial charge < -0.3 is 30.8 Å². The van der Waals surface area contributed by atoms with Crippen molar-refractivity contribution in [3.05, 3.63) is 35.5 Å². The number of amides is 3. The molecule has 1 aromatic heterocycles. The molecule has 3 amide bonds. The first-order valence-corrected chi connectivity index (χ1v) is 11.4. The van der Waals surface area contributed by atoms with Crippen molar-refractivity contribution in [2.24, 2.45) is 5.73 Å². The van der Waals surface area contributed by atoms with Gasteiger partial charge in [0.05, 0.1) is 18.3 Å². The van der Waals surface area contributed by atoms with Gasteiger partial charge in [0, 0.05) is 32.4 Å². The van der Waals surface area contributed by atoms with Gasteiger partial charge in [0.2, 0.25) is 6.35 Å². The molecule has 3 unspecified atom stereocenters. The number of hydrogen-bond acceptors (Lipinski definition) is 10. The maximum absolute atomic E-state index is 13.5. The van der Waals surface area contributed by atoms with Crippen LogP contribution in [-0.2, 0) is 11.0 Å². The fraction of sp³-hybridized carbons (Fsp3) is 0.500. The second kappa shape index (κ2) is 10.3. The number of halogens is 3. The highest BCUT2D eigenvalue weighted by molar-refractivity contribution is 6.04. The van der Waals surface area contributed by atoms with Crippen molar-refractivity contribution < 1.29 is 32.7 Å². The zero-order valence-electron chi connectivity index (χ0n) is 20.1. The normalized spacial score (nSPS) is 24.4. The summed E-state index contributed by atoms with van der Waals surface area (Å²) in [6.07, 6.45) is -3.61. The van der Waals surface area contributed by atoms with Gasteiger partial charge in [0.1, 0.15) is 11.5 Å². The van der Waals surface area contributed by atoms with E-state index in [-0.39, 0.29) is 18.3 Å². The highest BCUT2D eigenvalue weighted by Crippen LogP contribution is 2.33. The summed E-state index contributed by atoms with van der Waals surface area (Å²) in [6, 6.07) is -0.608. The zero-order chi connectivity index (χ0) is 26.9. The average Bonchev–Trinajstić information content (AvgIpc) is 3.24. The number of hydroxylamine groups is 1. The quantitative estimate of drug-likeness (QED) is 0.313. The van der Waals surface area contributed by atoms with Gasteiger partial charge in [-0.3, -0.25) is 14.7 Å². The Morgan fingerprint density at radius 3 is 2.84 bits per heavy atom. The Balaban J connectivity index is 1.55.